The summed E-state index contributed by atoms with van der Waals surface area (Å²) in [7, 11) is 1.60. The van der Waals surface area contributed by atoms with Crippen molar-refractivity contribution in [2.75, 3.05) is 13.7 Å². The molecule has 192 valence electrons. The van der Waals surface area contributed by atoms with Gasteiger partial charge in [-0.1, -0.05) is 29.5 Å². The molecule has 0 saturated heterocycles. The molecule has 2 aromatic carbocycles. The van der Waals surface area contributed by atoms with Crippen LogP contribution in [-0.4, -0.2) is 46.9 Å². The van der Waals surface area contributed by atoms with Gasteiger partial charge in [-0.25, -0.2) is 4.79 Å². The summed E-state index contributed by atoms with van der Waals surface area (Å²) in [5.74, 6) is -1.30. The van der Waals surface area contributed by atoms with E-state index in [0.29, 0.717) is 37.1 Å². The Hall–Kier alpha value is -3.93. The Bertz CT molecular complexity index is 1150. The fraction of sp³-hybridized carbons (Fsp3) is 0.333. The van der Waals surface area contributed by atoms with E-state index in [2.05, 4.69) is 20.4 Å². The number of ether oxygens (including phenoxy) is 3. The first kappa shape index (κ1) is 26.7. The van der Waals surface area contributed by atoms with E-state index in [1.54, 1.807) is 37.4 Å². The lowest BCUT2D eigenvalue weighted by Gasteiger charge is -2.10. The number of methoxy groups -OCH3 is 1. The molecule has 0 saturated carbocycles. The minimum absolute atomic E-state index is 0.0127. The van der Waals surface area contributed by atoms with E-state index in [4.69, 9.17) is 9.47 Å². The van der Waals surface area contributed by atoms with Gasteiger partial charge in [-0.2, -0.15) is 0 Å². The van der Waals surface area contributed by atoms with E-state index in [1.807, 2.05) is 0 Å². The Morgan fingerprint density at radius 3 is 2.56 bits per heavy atom. The second-order valence-electron chi connectivity index (χ2n) is 7.72. The van der Waals surface area contributed by atoms with Crippen molar-refractivity contribution in [1.82, 2.24) is 20.3 Å². The molecule has 1 heterocycles. The number of carbonyl (C=O) groups is 2. The molecule has 9 nitrogen and oxygen atoms in total. The number of nitrogens with zero attached hydrogens (tertiary/aromatic N) is 3. The lowest BCUT2D eigenvalue weighted by molar-refractivity contribution is -0.274. The van der Waals surface area contributed by atoms with Gasteiger partial charge in [-0.15, -0.1) is 18.3 Å². The summed E-state index contributed by atoms with van der Waals surface area (Å²) in [6.07, 6.45) is -2.10. The van der Waals surface area contributed by atoms with Gasteiger partial charge in [-0.3, -0.25) is 9.48 Å². The van der Waals surface area contributed by atoms with E-state index in [-0.39, 0.29) is 24.6 Å². The van der Waals surface area contributed by atoms with Crippen LogP contribution in [0.3, 0.4) is 0 Å². The summed E-state index contributed by atoms with van der Waals surface area (Å²) in [4.78, 5) is 24.4. The maximum absolute atomic E-state index is 12.3. The highest BCUT2D eigenvalue weighted by Crippen LogP contribution is 2.23. The molecule has 1 amide bonds. The highest BCUT2D eigenvalue weighted by atomic mass is 19.4. The van der Waals surface area contributed by atoms with E-state index in [0.717, 1.165) is 5.56 Å². The molecule has 0 unspecified atom stereocenters. The number of aromatic nitrogens is 3. The van der Waals surface area contributed by atoms with Gasteiger partial charge in [0.1, 0.15) is 5.75 Å². The first-order valence-electron chi connectivity index (χ1n) is 11.0. The van der Waals surface area contributed by atoms with Crippen LogP contribution in [0.1, 0.15) is 44.8 Å². The smallest absolute Gasteiger partial charge is 0.462 e. The fourth-order valence-corrected chi connectivity index (χ4v) is 3.16. The molecule has 0 fully saturated rings. The Morgan fingerprint density at radius 2 is 1.83 bits per heavy atom. The number of hydrogen-bond donors (Lipinski definition) is 1. The molecule has 0 atom stereocenters. The molecule has 36 heavy (non-hydrogen) atoms. The molecule has 0 aliphatic rings. The molecule has 1 aromatic heterocycles. The van der Waals surface area contributed by atoms with Crippen molar-refractivity contribution in [2.45, 2.75) is 38.9 Å². The van der Waals surface area contributed by atoms with Crippen LogP contribution in [0.2, 0.25) is 0 Å². The van der Waals surface area contributed by atoms with Crippen LogP contribution in [0, 0.1) is 0 Å². The minimum Gasteiger partial charge on any atom is -0.462 e. The maximum atomic E-state index is 12.3. The van der Waals surface area contributed by atoms with E-state index >= 15 is 0 Å². The average molecular weight is 506 g/mol. The van der Waals surface area contributed by atoms with Crippen molar-refractivity contribution in [3.8, 4) is 5.75 Å². The number of unbranched alkanes of at least 4 members (excludes halogenated alkanes) is 1. The second-order valence-corrected chi connectivity index (χ2v) is 7.72. The molecule has 0 spiro atoms. The third kappa shape index (κ3) is 8.69. The van der Waals surface area contributed by atoms with Crippen molar-refractivity contribution < 1.29 is 37.0 Å². The predicted octanol–water partition coefficient (Wildman–Crippen LogP) is 3.89. The van der Waals surface area contributed by atoms with Crippen molar-refractivity contribution >= 4 is 11.9 Å². The predicted molar refractivity (Wildman–Crippen MR) is 121 cm³/mol. The van der Waals surface area contributed by atoms with Gasteiger partial charge < -0.3 is 19.5 Å². The number of benzene rings is 2. The first-order valence-corrected chi connectivity index (χ1v) is 11.0. The van der Waals surface area contributed by atoms with Gasteiger partial charge in [0.25, 0.3) is 5.91 Å². The molecule has 12 heteroatoms. The van der Waals surface area contributed by atoms with Crippen LogP contribution >= 0.6 is 0 Å². The van der Waals surface area contributed by atoms with Crippen molar-refractivity contribution in [2.24, 2.45) is 0 Å². The molecule has 1 N–H and O–H groups in total. The molecule has 3 rings (SSSR count). The standard InChI is InChI=1S/C24H25F3N4O5/c1-34-16-17-7-9-19(10-8-17)23(33)35-12-3-2-11-31-15-21(29-30-31)22(32)28-14-18-5-4-6-20(13-18)36-24(25,26)27/h4-10,13,15H,2-3,11-12,14,16H2,1H3,(H,28,32). The number of aryl methyl sites for hydroxylation is 1. The summed E-state index contributed by atoms with van der Waals surface area (Å²) < 4.78 is 52.7. The van der Waals surface area contributed by atoms with E-state index in [9.17, 15) is 22.8 Å². The summed E-state index contributed by atoms with van der Waals surface area (Å²) >= 11 is 0. The normalized spacial score (nSPS) is 11.2. The molecular weight excluding hydrogens is 481 g/mol. The van der Waals surface area contributed by atoms with Crippen molar-refractivity contribution in [1.29, 1.82) is 0 Å². The number of carbonyl (C=O) groups excluding carboxylic acids is 2. The Morgan fingerprint density at radius 1 is 1.06 bits per heavy atom. The van der Waals surface area contributed by atoms with Gasteiger partial charge >= 0.3 is 12.3 Å². The van der Waals surface area contributed by atoms with Crippen LogP contribution in [0.5, 0.6) is 5.75 Å². The van der Waals surface area contributed by atoms with Crippen LogP contribution in [-0.2, 0) is 29.2 Å². The highest BCUT2D eigenvalue weighted by Gasteiger charge is 2.31. The van der Waals surface area contributed by atoms with Crippen molar-refractivity contribution in [3.05, 3.63) is 77.1 Å². The number of esters is 1. The largest absolute Gasteiger partial charge is 0.573 e. The number of nitrogens with one attached hydrogen (secondary N) is 1. The highest BCUT2D eigenvalue weighted by molar-refractivity contribution is 5.91. The summed E-state index contributed by atoms with van der Waals surface area (Å²) in [5, 5.41) is 10.3. The topological polar surface area (TPSA) is 105 Å². The fourth-order valence-electron chi connectivity index (χ4n) is 3.16. The van der Waals surface area contributed by atoms with Gasteiger partial charge in [0.15, 0.2) is 5.69 Å². The van der Waals surface area contributed by atoms with Gasteiger partial charge in [0.05, 0.1) is 25.0 Å². The van der Waals surface area contributed by atoms with Crippen LogP contribution in [0.4, 0.5) is 13.2 Å². The lowest BCUT2D eigenvalue weighted by Crippen LogP contribution is -2.23. The zero-order valence-corrected chi connectivity index (χ0v) is 19.5. The molecule has 3 aromatic rings. The number of amides is 1. The quantitative estimate of drug-likeness (QED) is 0.294. The molecule has 0 aliphatic carbocycles. The Labute approximate surface area is 205 Å². The van der Waals surface area contributed by atoms with Crippen LogP contribution < -0.4 is 10.1 Å². The maximum Gasteiger partial charge on any atom is 0.573 e. The van der Waals surface area contributed by atoms with Gasteiger partial charge in [0, 0.05) is 20.2 Å². The lowest BCUT2D eigenvalue weighted by atomic mass is 10.1. The van der Waals surface area contributed by atoms with E-state index < -0.39 is 18.2 Å². The molecule has 0 aliphatic heterocycles. The summed E-state index contributed by atoms with van der Waals surface area (Å²) in [5.41, 5.74) is 1.92. The van der Waals surface area contributed by atoms with E-state index in [1.165, 1.54) is 29.1 Å². The van der Waals surface area contributed by atoms with Crippen LogP contribution in [0.25, 0.3) is 0 Å². The monoisotopic (exact) mass is 506 g/mol. The Balaban J connectivity index is 1.37. The zero-order chi connectivity index (χ0) is 26.0. The second kappa shape index (κ2) is 12.7. The summed E-state index contributed by atoms with van der Waals surface area (Å²) in [6.45, 7) is 1.15. The average Bonchev–Trinajstić information content (AvgIpc) is 3.31. The molecule has 0 bridgehead atoms. The number of alkyl halides is 3. The third-order valence-electron chi connectivity index (χ3n) is 4.87. The number of hydrogen-bond acceptors (Lipinski definition) is 7. The first-order chi connectivity index (χ1) is 17.2. The Kier molecular flexibility index (Phi) is 9.39. The van der Waals surface area contributed by atoms with Gasteiger partial charge in [0.2, 0.25) is 0 Å². The summed E-state index contributed by atoms with van der Waals surface area (Å²) in [6, 6.07) is 12.3. The molecule has 0 radical (unpaired) electrons. The zero-order valence-electron chi connectivity index (χ0n) is 19.5. The third-order valence-corrected chi connectivity index (χ3v) is 4.87. The SMILES string of the molecule is COCc1ccc(C(=O)OCCCCn2cc(C(=O)NCc3cccc(OC(F)(F)F)c3)nn2)cc1. The number of halogens is 3. The number of rotatable bonds is 12. The van der Waals surface area contributed by atoms with Crippen LogP contribution in [0.15, 0.2) is 54.7 Å². The van der Waals surface area contributed by atoms with Crippen molar-refractivity contribution in [3.63, 3.8) is 0 Å². The molecular formula is C24H25F3N4O5. The van der Waals surface area contributed by atoms with Gasteiger partial charge in [-0.05, 0) is 48.2 Å². The minimum atomic E-state index is -4.79.